The smallest absolute Gasteiger partial charge is 0.307 e. The maximum atomic E-state index is 12.5. The largest absolute Gasteiger partial charge is 0.481 e. The van der Waals surface area contributed by atoms with Crippen molar-refractivity contribution >= 4 is 17.8 Å². The van der Waals surface area contributed by atoms with Crippen LogP contribution in [0, 0.1) is 11.8 Å². The number of piperidine rings is 1. The summed E-state index contributed by atoms with van der Waals surface area (Å²) >= 11 is 0. The molecule has 2 amide bonds. The third-order valence-corrected chi connectivity index (χ3v) is 4.26. The highest BCUT2D eigenvalue weighted by atomic mass is 16.4. The van der Waals surface area contributed by atoms with E-state index >= 15 is 0 Å². The van der Waals surface area contributed by atoms with E-state index in [0.29, 0.717) is 25.8 Å². The van der Waals surface area contributed by atoms with Crippen LogP contribution in [0.15, 0.2) is 0 Å². The maximum absolute atomic E-state index is 12.5. The quantitative estimate of drug-likeness (QED) is 0.771. The lowest BCUT2D eigenvalue weighted by molar-refractivity contribution is -0.152. The second-order valence-electron chi connectivity index (χ2n) is 5.43. The Morgan fingerprint density at radius 3 is 2.32 bits per heavy atom. The minimum atomic E-state index is -0.913. The van der Waals surface area contributed by atoms with Crippen LogP contribution in [-0.2, 0) is 14.4 Å². The van der Waals surface area contributed by atoms with E-state index in [1.165, 1.54) is 4.90 Å². The molecule has 3 atom stereocenters. The number of hydrogen-bond donors (Lipinski definition) is 2. The van der Waals surface area contributed by atoms with Gasteiger partial charge in [-0.1, -0.05) is 6.42 Å². The van der Waals surface area contributed by atoms with E-state index in [1.807, 2.05) is 0 Å². The lowest BCUT2D eigenvalue weighted by atomic mass is 9.92. The molecule has 0 aromatic heterocycles. The number of nitrogens with zero attached hydrogens (tertiary/aromatic N) is 1. The molecule has 1 saturated heterocycles. The minimum Gasteiger partial charge on any atom is -0.481 e. The fraction of sp³-hybridized carbons (Fsp3) is 0.769. The summed E-state index contributed by atoms with van der Waals surface area (Å²) in [5, 5.41) is 9.14. The van der Waals surface area contributed by atoms with Crippen molar-refractivity contribution in [1.29, 1.82) is 0 Å². The number of primary amides is 1. The molecule has 6 nitrogen and oxygen atoms in total. The van der Waals surface area contributed by atoms with Crippen LogP contribution in [0.25, 0.3) is 0 Å². The van der Waals surface area contributed by atoms with Crippen molar-refractivity contribution in [2.45, 2.75) is 44.6 Å². The average molecular weight is 268 g/mol. The normalized spacial score (nSPS) is 31.2. The molecule has 1 aliphatic heterocycles. The van der Waals surface area contributed by atoms with Gasteiger partial charge in [0.15, 0.2) is 0 Å². The summed E-state index contributed by atoms with van der Waals surface area (Å²) in [6.07, 6.45) is 4.21. The first-order chi connectivity index (χ1) is 9.02. The Bertz CT molecular complexity index is 396. The number of likely N-dealkylation sites (tertiary alicyclic amines) is 1. The van der Waals surface area contributed by atoms with Crippen molar-refractivity contribution in [1.82, 2.24) is 4.90 Å². The topological polar surface area (TPSA) is 101 Å². The Balaban J connectivity index is 2.13. The Hall–Kier alpha value is -1.59. The van der Waals surface area contributed by atoms with Crippen molar-refractivity contribution in [3.05, 3.63) is 0 Å². The van der Waals surface area contributed by atoms with Gasteiger partial charge in [0.2, 0.25) is 11.8 Å². The number of hydrogen-bond acceptors (Lipinski definition) is 3. The van der Waals surface area contributed by atoms with Crippen LogP contribution in [0.3, 0.4) is 0 Å². The average Bonchev–Trinajstić information content (AvgIpc) is 2.87. The number of nitrogens with two attached hydrogens (primary N) is 1. The number of rotatable bonds is 3. The summed E-state index contributed by atoms with van der Waals surface area (Å²) in [5.41, 5.74) is 5.34. The molecule has 2 fully saturated rings. The molecule has 2 aliphatic rings. The van der Waals surface area contributed by atoms with Crippen LogP contribution < -0.4 is 5.73 Å². The Morgan fingerprint density at radius 1 is 1.00 bits per heavy atom. The second-order valence-corrected chi connectivity index (χ2v) is 5.43. The zero-order valence-electron chi connectivity index (χ0n) is 10.9. The number of carbonyl (C=O) groups is 3. The van der Waals surface area contributed by atoms with Crippen LogP contribution in [0.1, 0.15) is 38.5 Å². The predicted octanol–water partition coefficient (Wildman–Crippen LogP) is 0.354. The number of carboxylic acid groups (broad SMARTS) is 1. The molecule has 2 rings (SSSR count). The van der Waals surface area contributed by atoms with Crippen LogP contribution in [0.2, 0.25) is 0 Å². The molecule has 0 bridgehead atoms. The van der Waals surface area contributed by atoms with Crippen molar-refractivity contribution in [3.63, 3.8) is 0 Å². The standard InChI is InChI=1S/C13H20N2O4/c14-11(16)10-6-1-2-7-15(10)12(17)8-4-3-5-9(8)13(18)19/h8-10H,1-7H2,(H2,14,16)(H,18,19)/t8-,9+,10?/m1/s1. The Kier molecular flexibility index (Phi) is 4.07. The molecular weight excluding hydrogens is 248 g/mol. The summed E-state index contributed by atoms with van der Waals surface area (Å²) in [4.78, 5) is 36.6. The molecule has 0 aromatic rings. The van der Waals surface area contributed by atoms with Gasteiger partial charge in [0.1, 0.15) is 6.04 Å². The van der Waals surface area contributed by atoms with E-state index in [4.69, 9.17) is 10.8 Å². The van der Waals surface area contributed by atoms with Gasteiger partial charge in [0.05, 0.1) is 11.8 Å². The molecule has 1 unspecified atom stereocenters. The number of carboxylic acids is 1. The molecule has 19 heavy (non-hydrogen) atoms. The van der Waals surface area contributed by atoms with Crippen LogP contribution in [0.5, 0.6) is 0 Å². The molecule has 0 radical (unpaired) electrons. The lowest BCUT2D eigenvalue weighted by Gasteiger charge is -2.36. The number of aliphatic carboxylic acids is 1. The summed E-state index contributed by atoms with van der Waals surface area (Å²) in [6.45, 7) is 0.509. The summed E-state index contributed by atoms with van der Waals surface area (Å²) in [5.74, 6) is -2.70. The lowest BCUT2D eigenvalue weighted by Crippen LogP contribution is -2.53. The van der Waals surface area contributed by atoms with E-state index in [-0.39, 0.29) is 5.91 Å². The third-order valence-electron chi connectivity index (χ3n) is 4.26. The fourth-order valence-corrected chi connectivity index (χ4v) is 3.26. The van der Waals surface area contributed by atoms with Gasteiger partial charge in [0, 0.05) is 6.54 Å². The van der Waals surface area contributed by atoms with Crippen molar-refractivity contribution in [2.24, 2.45) is 17.6 Å². The fourth-order valence-electron chi connectivity index (χ4n) is 3.26. The van der Waals surface area contributed by atoms with Gasteiger partial charge in [0.25, 0.3) is 0 Å². The van der Waals surface area contributed by atoms with Crippen LogP contribution >= 0.6 is 0 Å². The molecule has 6 heteroatoms. The van der Waals surface area contributed by atoms with E-state index in [2.05, 4.69) is 0 Å². The van der Waals surface area contributed by atoms with Gasteiger partial charge in [-0.15, -0.1) is 0 Å². The predicted molar refractivity (Wildman–Crippen MR) is 67.0 cm³/mol. The monoisotopic (exact) mass is 268 g/mol. The van der Waals surface area contributed by atoms with Crippen molar-refractivity contribution in [3.8, 4) is 0 Å². The minimum absolute atomic E-state index is 0.201. The highest BCUT2D eigenvalue weighted by Crippen LogP contribution is 2.34. The van der Waals surface area contributed by atoms with Crippen molar-refractivity contribution < 1.29 is 19.5 Å². The molecule has 106 valence electrons. The van der Waals surface area contributed by atoms with E-state index in [0.717, 1.165) is 19.3 Å². The van der Waals surface area contributed by atoms with Crippen molar-refractivity contribution in [2.75, 3.05) is 6.54 Å². The Morgan fingerprint density at radius 2 is 1.68 bits per heavy atom. The third kappa shape index (κ3) is 2.72. The van der Waals surface area contributed by atoms with Crippen LogP contribution in [-0.4, -0.2) is 40.4 Å². The number of amides is 2. The van der Waals surface area contributed by atoms with E-state index < -0.39 is 29.8 Å². The van der Waals surface area contributed by atoms with Gasteiger partial charge >= 0.3 is 5.97 Å². The maximum Gasteiger partial charge on any atom is 0.307 e. The zero-order chi connectivity index (χ0) is 14.0. The highest BCUT2D eigenvalue weighted by molar-refractivity contribution is 5.90. The molecule has 1 heterocycles. The van der Waals surface area contributed by atoms with Gasteiger partial charge in [-0.2, -0.15) is 0 Å². The van der Waals surface area contributed by atoms with Gasteiger partial charge < -0.3 is 15.7 Å². The summed E-state index contributed by atoms with van der Waals surface area (Å²) in [6, 6.07) is -0.559. The molecule has 0 aromatic carbocycles. The van der Waals surface area contributed by atoms with Crippen LogP contribution in [0.4, 0.5) is 0 Å². The number of carbonyl (C=O) groups excluding carboxylic acids is 2. The first-order valence-electron chi connectivity index (χ1n) is 6.85. The van der Waals surface area contributed by atoms with Gasteiger partial charge in [-0.3, -0.25) is 14.4 Å². The summed E-state index contributed by atoms with van der Waals surface area (Å²) in [7, 11) is 0. The zero-order valence-corrected chi connectivity index (χ0v) is 10.9. The highest BCUT2D eigenvalue weighted by Gasteiger charge is 2.42. The first-order valence-corrected chi connectivity index (χ1v) is 6.85. The SMILES string of the molecule is NC(=O)C1CCCCN1C(=O)[C@@H]1CCC[C@@H]1C(=O)O. The molecule has 0 spiro atoms. The van der Waals surface area contributed by atoms with E-state index in [9.17, 15) is 14.4 Å². The van der Waals surface area contributed by atoms with Gasteiger partial charge in [-0.05, 0) is 32.1 Å². The molecule has 1 saturated carbocycles. The summed E-state index contributed by atoms with van der Waals surface area (Å²) < 4.78 is 0. The first kappa shape index (κ1) is 13.8. The van der Waals surface area contributed by atoms with E-state index in [1.54, 1.807) is 0 Å². The second kappa shape index (κ2) is 5.59. The van der Waals surface area contributed by atoms with Gasteiger partial charge in [-0.25, -0.2) is 0 Å². The molecule has 1 aliphatic carbocycles. The molecule has 3 N–H and O–H groups in total. The molecular formula is C13H20N2O4. The Labute approximate surface area is 111 Å².